The van der Waals surface area contributed by atoms with Gasteiger partial charge in [0.2, 0.25) is 12.7 Å². The standard InChI is InChI=1S/C26H27N3O6S/c1-17-8-4-6-10-19(17)14-21(25(30)29(3)20-12-13-22-23(15-20)35-16-34-22)27-26(31)28-36(32,33)24-11-7-5-9-18(24)2/h4-13,15,21H,14,16H2,1-3H3,(H2,27,28,31)/t21-/m0/s1. The molecule has 188 valence electrons. The van der Waals surface area contributed by atoms with Gasteiger partial charge in [0.1, 0.15) is 6.04 Å². The van der Waals surface area contributed by atoms with E-state index in [2.05, 4.69) is 5.32 Å². The minimum Gasteiger partial charge on any atom is -0.454 e. The number of carbonyl (C=O) groups excluding carboxylic acids is 2. The topological polar surface area (TPSA) is 114 Å². The van der Waals surface area contributed by atoms with Crippen LogP contribution >= 0.6 is 0 Å². The number of anilines is 1. The van der Waals surface area contributed by atoms with Crippen LogP contribution in [0.1, 0.15) is 16.7 Å². The minimum atomic E-state index is -4.14. The van der Waals surface area contributed by atoms with E-state index in [0.717, 1.165) is 11.1 Å². The Morgan fingerprint density at radius 1 is 0.944 bits per heavy atom. The number of benzene rings is 3. The van der Waals surface area contributed by atoms with E-state index in [9.17, 15) is 18.0 Å². The summed E-state index contributed by atoms with van der Waals surface area (Å²) in [6.45, 7) is 3.64. The van der Waals surface area contributed by atoms with Crippen LogP contribution in [0.5, 0.6) is 11.5 Å². The number of fused-ring (bicyclic) bond motifs is 1. The number of nitrogens with one attached hydrogen (secondary N) is 2. The molecule has 3 aromatic carbocycles. The Bertz CT molecular complexity index is 1410. The number of hydrogen-bond acceptors (Lipinski definition) is 6. The number of urea groups is 1. The molecule has 0 unspecified atom stereocenters. The van der Waals surface area contributed by atoms with E-state index in [1.54, 1.807) is 50.4 Å². The second-order valence-electron chi connectivity index (χ2n) is 8.46. The third kappa shape index (κ3) is 5.44. The first-order valence-electron chi connectivity index (χ1n) is 11.3. The van der Waals surface area contributed by atoms with Crippen molar-refractivity contribution in [3.05, 3.63) is 83.4 Å². The van der Waals surface area contributed by atoms with Gasteiger partial charge < -0.3 is 19.7 Å². The Morgan fingerprint density at radius 3 is 2.33 bits per heavy atom. The molecule has 0 saturated carbocycles. The van der Waals surface area contributed by atoms with E-state index < -0.39 is 28.0 Å². The van der Waals surface area contributed by atoms with E-state index in [1.165, 1.54) is 11.0 Å². The number of hydrogen-bond donors (Lipinski definition) is 2. The van der Waals surface area contributed by atoms with Gasteiger partial charge >= 0.3 is 6.03 Å². The molecule has 0 aliphatic carbocycles. The van der Waals surface area contributed by atoms with E-state index in [1.807, 2.05) is 35.9 Å². The monoisotopic (exact) mass is 509 g/mol. The van der Waals surface area contributed by atoms with Gasteiger partial charge in [0.05, 0.1) is 4.90 Å². The fourth-order valence-corrected chi connectivity index (χ4v) is 5.10. The average molecular weight is 510 g/mol. The molecular weight excluding hydrogens is 482 g/mol. The number of sulfonamides is 1. The molecule has 10 heteroatoms. The molecule has 0 aromatic heterocycles. The summed E-state index contributed by atoms with van der Waals surface area (Å²) < 4.78 is 38.4. The van der Waals surface area contributed by atoms with Crippen molar-refractivity contribution < 1.29 is 27.5 Å². The molecule has 4 rings (SSSR count). The zero-order chi connectivity index (χ0) is 25.9. The summed E-state index contributed by atoms with van der Waals surface area (Å²) >= 11 is 0. The van der Waals surface area contributed by atoms with Crippen LogP contribution in [0, 0.1) is 13.8 Å². The fraction of sp³-hybridized carbons (Fsp3) is 0.231. The summed E-state index contributed by atoms with van der Waals surface area (Å²) in [6.07, 6.45) is 0.165. The molecule has 0 fully saturated rings. The van der Waals surface area contributed by atoms with E-state index >= 15 is 0 Å². The van der Waals surface area contributed by atoms with Crippen LogP contribution in [0.2, 0.25) is 0 Å². The van der Waals surface area contributed by atoms with Gasteiger partial charge in [0.25, 0.3) is 10.0 Å². The lowest BCUT2D eigenvalue weighted by atomic mass is 10.00. The number of ether oxygens (including phenoxy) is 2. The summed E-state index contributed by atoms with van der Waals surface area (Å²) in [7, 11) is -2.56. The third-order valence-electron chi connectivity index (χ3n) is 5.97. The van der Waals surface area contributed by atoms with Crippen molar-refractivity contribution >= 4 is 27.6 Å². The van der Waals surface area contributed by atoms with Crippen molar-refractivity contribution in [3.8, 4) is 11.5 Å². The minimum absolute atomic E-state index is 0.0144. The van der Waals surface area contributed by atoms with Crippen molar-refractivity contribution in [2.45, 2.75) is 31.2 Å². The highest BCUT2D eigenvalue weighted by Gasteiger charge is 2.29. The van der Waals surface area contributed by atoms with Crippen LogP contribution in [0.3, 0.4) is 0 Å². The third-order valence-corrected chi connectivity index (χ3v) is 7.46. The van der Waals surface area contributed by atoms with Crippen molar-refractivity contribution in [1.82, 2.24) is 10.0 Å². The molecule has 3 amide bonds. The normalized spacial score (nSPS) is 13.1. The molecule has 1 aliphatic rings. The molecule has 0 bridgehead atoms. The smallest absolute Gasteiger partial charge is 0.329 e. The number of carbonyl (C=O) groups is 2. The lowest BCUT2D eigenvalue weighted by Gasteiger charge is -2.25. The maximum absolute atomic E-state index is 13.5. The van der Waals surface area contributed by atoms with E-state index in [0.29, 0.717) is 22.7 Å². The van der Waals surface area contributed by atoms with Crippen molar-refractivity contribution in [2.75, 3.05) is 18.7 Å². The van der Waals surface area contributed by atoms with Gasteiger partial charge in [0, 0.05) is 25.2 Å². The van der Waals surface area contributed by atoms with Crippen molar-refractivity contribution in [2.24, 2.45) is 0 Å². The Kier molecular flexibility index (Phi) is 7.16. The largest absolute Gasteiger partial charge is 0.454 e. The lowest BCUT2D eigenvalue weighted by molar-refractivity contribution is -0.120. The number of likely N-dealkylation sites (N-methyl/N-ethyl adjacent to an activating group) is 1. The maximum atomic E-state index is 13.5. The van der Waals surface area contributed by atoms with Crippen molar-refractivity contribution in [1.29, 1.82) is 0 Å². The number of amides is 3. The predicted octanol–water partition coefficient (Wildman–Crippen LogP) is 3.29. The molecule has 9 nitrogen and oxygen atoms in total. The van der Waals surface area contributed by atoms with Gasteiger partial charge in [-0.2, -0.15) is 0 Å². The van der Waals surface area contributed by atoms with Gasteiger partial charge in [-0.05, 0) is 48.7 Å². The average Bonchev–Trinajstić information content (AvgIpc) is 3.32. The molecule has 0 spiro atoms. The Balaban J connectivity index is 1.57. The Hall–Kier alpha value is -4.05. The summed E-state index contributed by atoms with van der Waals surface area (Å²) in [5.74, 6) is 0.660. The fourth-order valence-electron chi connectivity index (χ4n) is 3.94. The van der Waals surface area contributed by atoms with Gasteiger partial charge in [-0.15, -0.1) is 0 Å². The maximum Gasteiger partial charge on any atom is 0.329 e. The van der Waals surface area contributed by atoms with E-state index in [-0.39, 0.29) is 18.1 Å². The zero-order valence-electron chi connectivity index (χ0n) is 20.1. The molecule has 1 heterocycles. The highest BCUT2D eigenvalue weighted by molar-refractivity contribution is 7.90. The Labute approximate surface area is 210 Å². The summed E-state index contributed by atoms with van der Waals surface area (Å²) in [4.78, 5) is 27.8. The molecule has 36 heavy (non-hydrogen) atoms. The van der Waals surface area contributed by atoms with Gasteiger partial charge in [-0.1, -0.05) is 42.5 Å². The second kappa shape index (κ2) is 10.3. The predicted molar refractivity (Wildman–Crippen MR) is 135 cm³/mol. The molecule has 2 N–H and O–H groups in total. The highest BCUT2D eigenvalue weighted by Crippen LogP contribution is 2.35. The molecule has 3 aromatic rings. The number of rotatable bonds is 7. The summed E-state index contributed by atoms with van der Waals surface area (Å²) in [6, 6.07) is 16.9. The van der Waals surface area contributed by atoms with Crippen LogP contribution < -0.4 is 24.4 Å². The van der Waals surface area contributed by atoms with E-state index in [4.69, 9.17) is 9.47 Å². The second-order valence-corrected chi connectivity index (χ2v) is 10.1. The first kappa shape index (κ1) is 25.1. The van der Waals surface area contributed by atoms with Gasteiger partial charge in [0.15, 0.2) is 11.5 Å². The highest BCUT2D eigenvalue weighted by atomic mass is 32.2. The number of nitrogens with zero attached hydrogens (tertiary/aromatic N) is 1. The van der Waals surface area contributed by atoms with Crippen LogP contribution in [0.15, 0.2) is 71.6 Å². The molecule has 1 atom stereocenters. The summed E-state index contributed by atoms with van der Waals surface area (Å²) in [5.41, 5.74) is 2.81. The van der Waals surface area contributed by atoms with Gasteiger partial charge in [-0.25, -0.2) is 17.9 Å². The SMILES string of the molecule is Cc1ccccc1C[C@H](NC(=O)NS(=O)(=O)c1ccccc1C)C(=O)N(C)c1ccc2c(c1)OCO2. The Morgan fingerprint density at radius 2 is 1.61 bits per heavy atom. The van der Waals surface area contributed by atoms with Crippen LogP contribution in [0.4, 0.5) is 10.5 Å². The summed E-state index contributed by atoms with van der Waals surface area (Å²) in [5, 5.41) is 2.56. The molecule has 0 saturated heterocycles. The van der Waals surface area contributed by atoms with Crippen LogP contribution in [-0.4, -0.2) is 40.2 Å². The lowest BCUT2D eigenvalue weighted by Crippen LogP contribution is -2.52. The van der Waals surface area contributed by atoms with Crippen LogP contribution in [0.25, 0.3) is 0 Å². The quantitative estimate of drug-likeness (QED) is 0.505. The zero-order valence-corrected chi connectivity index (χ0v) is 21.0. The first-order valence-corrected chi connectivity index (χ1v) is 12.7. The van der Waals surface area contributed by atoms with Crippen molar-refractivity contribution in [3.63, 3.8) is 0 Å². The first-order chi connectivity index (χ1) is 17.2. The number of aryl methyl sites for hydroxylation is 2. The molecular formula is C26H27N3O6S. The molecule has 1 aliphatic heterocycles. The van der Waals surface area contributed by atoms with Gasteiger partial charge in [-0.3, -0.25) is 4.79 Å². The molecule has 0 radical (unpaired) electrons. The van der Waals surface area contributed by atoms with Crippen LogP contribution in [-0.2, 0) is 21.2 Å².